The van der Waals surface area contributed by atoms with Gasteiger partial charge in [-0.25, -0.2) is 4.79 Å². The molecule has 3 heteroatoms. The number of hydrogen-bond donors (Lipinski definition) is 0. The summed E-state index contributed by atoms with van der Waals surface area (Å²) in [4.78, 5) is 22.1. The number of unbranched alkanes of at least 4 members (excludes halogenated alkanes) is 3. The van der Waals surface area contributed by atoms with Crippen LogP contribution in [0.2, 0.25) is 0 Å². The minimum Gasteiger partial charge on any atom is -0.463 e. The molecule has 0 amide bonds. The van der Waals surface area contributed by atoms with Crippen molar-refractivity contribution >= 4 is 11.8 Å². The van der Waals surface area contributed by atoms with Gasteiger partial charge < -0.3 is 4.74 Å². The van der Waals surface area contributed by atoms with E-state index in [9.17, 15) is 9.59 Å². The van der Waals surface area contributed by atoms with E-state index in [4.69, 9.17) is 0 Å². The lowest BCUT2D eigenvalue weighted by Crippen LogP contribution is -2.01. The molecule has 0 fully saturated rings. The van der Waals surface area contributed by atoms with Gasteiger partial charge in [0.15, 0.2) is 5.78 Å². The lowest BCUT2D eigenvalue weighted by Gasteiger charge is -1.96. The molecule has 0 aromatic heterocycles. The molecule has 86 valence electrons. The van der Waals surface area contributed by atoms with Crippen LogP contribution >= 0.6 is 0 Å². The second-order valence-electron chi connectivity index (χ2n) is 3.36. The minimum absolute atomic E-state index is 0.000781. The second kappa shape index (κ2) is 9.44. The van der Waals surface area contributed by atoms with Crippen LogP contribution in [0.5, 0.6) is 0 Å². The third kappa shape index (κ3) is 9.19. The Balaban J connectivity index is 3.59. The van der Waals surface area contributed by atoms with E-state index >= 15 is 0 Å². The zero-order valence-corrected chi connectivity index (χ0v) is 9.62. The third-order valence-electron chi connectivity index (χ3n) is 1.97. The van der Waals surface area contributed by atoms with Crippen molar-refractivity contribution in [3.05, 3.63) is 12.2 Å². The predicted molar refractivity (Wildman–Crippen MR) is 59.5 cm³/mol. The van der Waals surface area contributed by atoms with Crippen LogP contribution in [0, 0.1) is 0 Å². The summed E-state index contributed by atoms with van der Waals surface area (Å²) >= 11 is 0. The summed E-state index contributed by atoms with van der Waals surface area (Å²) in [6, 6.07) is 0. The largest absolute Gasteiger partial charge is 0.463 e. The van der Waals surface area contributed by atoms with Crippen molar-refractivity contribution in [2.45, 2.75) is 46.0 Å². The molecule has 3 nitrogen and oxygen atoms in total. The molecule has 0 saturated carbocycles. The molecule has 0 saturated heterocycles. The van der Waals surface area contributed by atoms with Crippen LogP contribution in [0.3, 0.4) is 0 Å². The van der Waals surface area contributed by atoms with Crippen molar-refractivity contribution in [2.24, 2.45) is 0 Å². The molecule has 0 radical (unpaired) electrons. The number of carbonyl (C=O) groups is 2. The van der Waals surface area contributed by atoms with Gasteiger partial charge in [0, 0.05) is 12.5 Å². The summed E-state index contributed by atoms with van der Waals surface area (Å²) in [5.41, 5.74) is 0. The van der Waals surface area contributed by atoms with E-state index < -0.39 is 5.97 Å². The average Bonchev–Trinajstić information content (AvgIpc) is 2.22. The summed E-state index contributed by atoms with van der Waals surface area (Å²) in [6.45, 7) is 4.20. The molecular weight excluding hydrogens is 192 g/mol. The molecule has 15 heavy (non-hydrogen) atoms. The maximum Gasteiger partial charge on any atom is 0.330 e. The third-order valence-corrected chi connectivity index (χ3v) is 1.97. The average molecular weight is 212 g/mol. The first-order valence-corrected chi connectivity index (χ1v) is 5.58. The fourth-order valence-electron chi connectivity index (χ4n) is 1.16. The van der Waals surface area contributed by atoms with Gasteiger partial charge in [-0.2, -0.15) is 0 Å². The topological polar surface area (TPSA) is 43.4 Å². The van der Waals surface area contributed by atoms with E-state index in [1.165, 1.54) is 12.2 Å². The van der Waals surface area contributed by atoms with Gasteiger partial charge in [-0.05, 0) is 19.4 Å². The van der Waals surface area contributed by atoms with Crippen LogP contribution in [0.25, 0.3) is 0 Å². The number of hydrogen-bond acceptors (Lipinski definition) is 3. The number of ether oxygens (including phenoxy) is 1. The zero-order chi connectivity index (χ0) is 11.5. The van der Waals surface area contributed by atoms with Gasteiger partial charge in [-0.15, -0.1) is 0 Å². The summed E-state index contributed by atoms with van der Waals surface area (Å²) in [6.07, 6.45) is 7.34. The molecular formula is C12H20O3. The lowest BCUT2D eigenvalue weighted by atomic mass is 10.1. The lowest BCUT2D eigenvalue weighted by molar-refractivity contribution is -0.137. The van der Waals surface area contributed by atoms with Crippen molar-refractivity contribution in [3.8, 4) is 0 Å². The van der Waals surface area contributed by atoms with Crippen LogP contribution in [0.1, 0.15) is 46.0 Å². The Kier molecular flexibility index (Phi) is 8.73. The molecule has 0 bridgehead atoms. The van der Waals surface area contributed by atoms with Crippen LogP contribution < -0.4 is 0 Å². The second-order valence-corrected chi connectivity index (χ2v) is 3.36. The number of allylic oxidation sites excluding steroid dienone is 1. The highest BCUT2D eigenvalue weighted by molar-refractivity contribution is 5.95. The zero-order valence-electron chi connectivity index (χ0n) is 9.62. The molecule has 0 N–H and O–H groups in total. The van der Waals surface area contributed by atoms with Crippen molar-refractivity contribution in [1.82, 2.24) is 0 Å². The number of esters is 1. The Labute approximate surface area is 91.5 Å². The van der Waals surface area contributed by atoms with E-state index in [-0.39, 0.29) is 5.78 Å². The summed E-state index contributed by atoms with van der Waals surface area (Å²) < 4.78 is 4.66. The molecule has 0 spiro atoms. The Morgan fingerprint density at radius 2 is 1.80 bits per heavy atom. The highest BCUT2D eigenvalue weighted by Crippen LogP contribution is 2.03. The molecule has 0 aliphatic heterocycles. The molecule has 0 aliphatic rings. The molecule has 0 rings (SSSR count). The van der Waals surface area contributed by atoms with Crippen LogP contribution in [-0.2, 0) is 14.3 Å². The normalized spacial score (nSPS) is 10.5. The van der Waals surface area contributed by atoms with Gasteiger partial charge in [-0.1, -0.05) is 26.2 Å². The van der Waals surface area contributed by atoms with Gasteiger partial charge in [0.2, 0.25) is 0 Å². The van der Waals surface area contributed by atoms with Crippen LogP contribution in [0.15, 0.2) is 12.2 Å². The number of ketones is 1. The standard InChI is InChI=1S/C12H20O3/c1-3-5-6-7-8-11(13)9-10-12(14)15-4-2/h9-10H,3-8H2,1-2H3. The van der Waals surface area contributed by atoms with Gasteiger partial charge in [-0.3, -0.25) is 4.79 Å². The highest BCUT2D eigenvalue weighted by Gasteiger charge is 1.99. The van der Waals surface area contributed by atoms with Crippen molar-refractivity contribution < 1.29 is 14.3 Å². The predicted octanol–water partition coefficient (Wildman–Crippen LogP) is 2.65. The summed E-state index contributed by atoms with van der Waals surface area (Å²) in [5.74, 6) is -0.446. The number of carbonyl (C=O) groups excluding carboxylic acids is 2. The summed E-state index contributed by atoms with van der Waals surface area (Å²) in [7, 11) is 0. The molecule has 0 aromatic rings. The van der Waals surface area contributed by atoms with E-state index in [0.29, 0.717) is 13.0 Å². The van der Waals surface area contributed by atoms with Crippen molar-refractivity contribution in [1.29, 1.82) is 0 Å². The van der Waals surface area contributed by atoms with Gasteiger partial charge in [0.1, 0.15) is 0 Å². The molecule has 0 atom stereocenters. The van der Waals surface area contributed by atoms with Crippen LogP contribution in [0.4, 0.5) is 0 Å². The fraction of sp³-hybridized carbons (Fsp3) is 0.667. The van der Waals surface area contributed by atoms with E-state index in [2.05, 4.69) is 11.7 Å². The highest BCUT2D eigenvalue weighted by atomic mass is 16.5. The Hall–Kier alpha value is -1.12. The minimum atomic E-state index is -0.445. The molecule has 0 aromatic carbocycles. The van der Waals surface area contributed by atoms with Crippen molar-refractivity contribution in [3.63, 3.8) is 0 Å². The molecule has 0 aliphatic carbocycles. The quantitative estimate of drug-likeness (QED) is 0.353. The first kappa shape index (κ1) is 13.9. The Bertz CT molecular complexity index is 219. The van der Waals surface area contributed by atoms with Gasteiger partial charge >= 0.3 is 5.97 Å². The SMILES string of the molecule is CCCCCCC(=O)C=CC(=O)OCC. The maximum absolute atomic E-state index is 11.2. The Morgan fingerprint density at radius 1 is 1.07 bits per heavy atom. The summed E-state index contributed by atoms with van der Waals surface area (Å²) in [5, 5.41) is 0. The number of rotatable bonds is 8. The smallest absolute Gasteiger partial charge is 0.330 e. The first-order chi connectivity index (χ1) is 7.20. The first-order valence-electron chi connectivity index (χ1n) is 5.58. The van der Waals surface area contributed by atoms with E-state index in [1.54, 1.807) is 6.92 Å². The van der Waals surface area contributed by atoms with Gasteiger partial charge in [0.25, 0.3) is 0 Å². The maximum atomic E-state index is 11.2. The molecule has 0 unspecified atom stereocenters. The van der Waals surface area contributed by atoms with E-state index in [0.717, 1.165) is 25.7 Å². The Morgan fingerprint density at radius 3 is 2.40 bits per heavy atom. The van der Waals surface area contributed by atoms with E-state index in [1.807, 2.05) is 0 Å². The molecule has 0 heterocycles. The van der Waals surface area contributed by atoms with Crippen LogP contribution in [-0.4, -0.2) is 18.4 Å². The van der Waals surface area contributed by atoms with Gasteiger partial charge in [0.05, 0.1) is 6.61 Å². The monoisotopic (exact) mass is 212 g/mol. The van der Waals surface area contributed by atoms with Crippen molar-refractivity contribution in [2.75, 3.05) is 6.61 Å². The fourth-order valence-corrected chi connectivity index (χ4v) is 1.16.